The van der Waals surface area contributed by atoms with Crippen LogP contribution in [-0.4, -0.2) is 25.2 Å². The predicted octanol–water partition coefficient (Wildman–Crippen LogP) is 1.86. The van der Waals surface area contributed by atoms with Gasteiger partial charge in [-0.3, -0.25) is 4.79 Å². The lowest BCUT2D eigenvalue weighted by molar-refractivity contribution is -0.126. The topological polar surface area (TPSA) is 38.3 Å². The Kier molecular flexibility index (Phi) is 4.01. The molecule has 2 aliphatic rings. The zero-order chi connectivity index (χ0) is 10.5. The van der Waals surface area contributed by atoms with Gasteiger partial charge in [-0.2, -0.15) is 0 Å². The van der Waals surface area contributed by atoms with Crippen LogP contribution in [0.1, 0.15) is 44.9 Å². The number of rotatable bonds is 3. The van der Waals surface area contributed by atoms with Crippen LogP contribution >= 0.6 is 0 Å². The number of carbonyl (C=O) groups is 1. The Bertz CT molecular complexity index is 206. The number of hydrogen-bond donors (Lipinski definition) is 1. The highest BCUT2D eigenvalue weighted by Gasteiger charge is 2.22. The van der Waals surface area contributed by atoms with Gasteiger partial charge in [0.2, 0.25) is 5.91 Å². The van der Waals surface area contributed by atoms with Crippen LogP contribution in [0.5, 0.6) is 0 Å². The molecule has 0 spiro atoms. The van der Waals surface area contributed by atoms with Gasteiger partial charge in [0.15, 0.2) is 0 Å². The monoisotopic (exact) mass is 211 g/mol. The van der Waals surface area contributed by atoms with Gasteiger partial charge < -0.3 is 10.1 Å². The quantitative estimate of drug-likeness (QED) is 0.774. The number of amides is 1. The third-order valence-electron chi connectivity index (χ3n) is 3.50. The molecule has 1 N–H and O–H groups in total. The molecule has 0 aromatic rings. The standard InChI is InChI=1S/C12H21NO2/c14-12(10-5-2-1-3-6-10)13-9-11-7-4-8-15-11/h10-11H,1-9H2,(H,13,14)/t11-/m1/s1. The highest BCUT2D eigenvalue weighted by atomic mass is 16.5. The minimum Gasteiger partial charge on any atom is -0.376 e. The molecular formula is C12H21NO2. The van der Waals surface area contributed by atoms with Gasteiger partial charge in [0.1, 0.15) is 0 Å². The summed E-state index contributed by atoms with van der Waals surface area (Å²) in [6.45, 7) is 1.58. The molecule has 2 fully saturated rings. The number of nitrogens with one attached hydrogen (secondary N) is 1. The van der Waals surface area contributed by atoms with E-state index in [0.717, 1.165) is 38.8 Å². The lowest BCUT2D eigenvalue weighted by Crippen LogP contribution is -2.36. The van der Waals surface area contributed by atoms with Crippen LogP contribution in [-0.2, 0) is 9.53 Å². The van der Waals surface area contributed by atoms with Gasteiger partial charge in [-0.25, -0.2) is 0 Å². The number of ether oxygens (including phenoxy) is 1. The molecule has 86 valence electrons. The highest BCUT2D eigenvalue weighted by molar-refractivity contribution is 5.78. The Morgan fingerprint density at radius 3 is 2.60 bits per heavy atom. The average Bonchev–Trinajstić information content (AvgIpc) is 2.80. The van der Waals surface area contributed by atoms with E-state index in [4.69, 9.17) is 4.74 Å². The van der Waals surface area contributed by atoms with Crippen molar-refractivity contribution in [2.24, 2.45) is 5.92 Å². The van der Waals surface area contributed by atoms with E-state index in [1.54, 1.807) is 0 Å². The first-order valence-electron chi connectivity index (χ1n) is 6.25. The molecule has 0 radical (unpaired) electrons. The van der Waals surface area contributed by atoms with Crippen molar-refractivity contribution in [3.8, 4) is 0 Å². The molecule has 2 rings (SSSR count). The smallest absolute Gasteiger partial charge is 0.223 e. The predicted molar refractivity (Wildman–Crippen MR) is 58.6 cm³/mol. The fourth-order valence-corrected chi connectivity index (χ4v) is 2.53. The Balaban J connectivity index is 1.66. The van der Waals surface area contributed by atoms with Crippen LogP contribution in [0, 0.1) is 5.92 Å². The summed E-state index contributed by atoms with van der Waals surface area (Å²) in [6.07, 6.45) is 8.42. The molecule has 0 bridgehead atoms. The molecule has 1 heterocycles. The van der Waals surface area contributed by atoms with Gasteiger partial charge in [0.05, 0.1) is 6.10 Å². The van der Waals surface area contributed by atoms with Gasteiger partial charge in [0.25, 0.3) is 0 Å². The lowest BCUT2D eigenvalue weighted by Gasteiger charge is -2.21. The fourth-order valence-electron chi connectivity index (χ4n) is 2.53. The maximum atomic E-state index is 11.8. The third-order valence-corrected chi connectivity index (χ3v) is 3.50. The van der Waals surface area contributed by atoms with Gasteiger partial charge in [0, 0.05) is 19.1 Å². The van der Waals surface area contributed by atoms with Crippen molar-refractivity contribution < 1.29 is 9.53 Å². The van der Waals surface area contributed by atoms with E-state index in [1.165, 1.54) is 19.3 Å². The molecule has 1 aliphatic heterocycles. The summed E-state index contributed by atoms with van der Waals surface area (Å²) < 4.78 is 5.48. The summed E-state index contributed by atoms with van der Waals surface area (Å²) in [5, 5.41) is 3.03. The van der Waals surface area contributed by atoms with Crippen molar-refractivity contribution in [1.82, 2.24) is 5.32 Å². The lowest BCUT2D eigenvalue weighted by atomic mass is 9.88. The molecule has 0 unspecified atom stereocenters. The summed E-state index contributed by atoms with van der Waals surface area (Å²) in [6, 6.07) is 0. The highest BCUT2D eigenvalue weighted by Crippen LogP contribution is 2.23. The van der Waals surface area contributed by atoms with Gasteiger partial charge in [-0.1, -0.05) is 19.3 Å². The van der Waals surface area contributed by atoms with Crippen LogP contribution in [0.4, 0.5) is 0 Å². The van der Waals surface area contributed by atoms with Crippen molar-refractivity contribution in [2.75, 3.05) is 13.2 Å². The third kappa shape index (κ3) is 3.20. The minimum atomic E-state index is 0.255. The maximum absolute atomic E-state index is 11.8. The van der Waals surface area contributed by atoms with Crippen molar-refractivity contribution in [1.29, 1.82) is 0 Å². The second-order valence-corrected chi connectivity index (χ2v) is 4.72. The second kappa shape index (κ2) is 5.50. The number of hydrogen-bond acceptors (Lipinski definition) is 2. The largest absolute Gasteiger partial charge is 0.376 e. The zero-order valence-corrected chi connectivity index (χ0v) is 9.34. The minimum absolute atomic E-state index is 0.255. The molecule has 1 atom stereocenters. The number of carbonyl (C=O) groups excluding carboxylic acids is 1. The molecule has 1 saturated heterocycles. The Morgan fingerprint density at radius 1 is 1.13 bits per heavy atom. The van der Waals surface area contributed by atoms with Crippen molar-refractivity contribution in [3.63, 3.8) is 0 Å². The fraction of sp³-hybridized carbons (Fsp3) is 0.917. The molecular weight excluding hydrogens is 190 g/mol. The summed E-state index contributed by atoms with van der Waals surface area (Å²) in [7, 11) is 0. The summed E-state index contributed by atoms with van der Waals surface area (Å²) in [5.74, 6) is 0.533. The molecule has 1 saturated carbocycles. The Hall–Kier alpha value is -0.570. The van der Waals surface area contributed by atoms with Crippen LogP contribution < -0.4 is 5.32 Å². The van der Waals surface area contributed by atoms with Gasteiger partial charge in [-0.15, -0.1) is 0 Å². The van der Waals surface area contributed by atoms with Gasteiger partial charge >= 0.3 is 0 Å². The average molecular weight is 211 g/mol. The Morgan fingerprint density at radius 2 is 1.93 bits per heavy atom. The van der Waals surface area contributed by atoms with Crippen LogP contribution in [0.3, 0.4) is 0 Å². The molecule has 0 aromatic heterocycles. The molecule has 3 heteroatoms. The first-order valence-corrected chi connectivity index (χ1v) is 6.25. The zero-order valence-electron chi connectivity index (χ0n) is 9.34. The van der Waals surface area contributed by atoms with E-state index in [2.05, 4.69) is 5.32 Å². The normalized spacial score (nSPS) is 27.9. The molecule has 0 aromatic carbocycles. The Labute approximate surface area is 91.6 Å². The van der Waals surface area contributed by atoms with Crippen molar-refractivity contribution in [3.05, 3.63) is 0 Å². The summed E-state index contributed by atoms with van der Waals surface area (Å²) >= 11 is 0. The molecule has 15 heavy (non-hydrogen) atoms. The van der Waals surface area contributed by atoms with E-state index in [1.807, 2.05) is 0 Å². The van der Waals surface area contributed by atoms with Crippen molar-refractivity contribution >= 4 is 5.91 Å². The molecule has 1 aliphatic carbocycles. The van der Waals surface area contributed by atoms with E-state index < -0.39 is 0 Å². The van der Waals surface area contributed by atoms with Crippen LogP contribution in [0.25, 0.3) is 0 Å². The van der Waals surface area contributed by atoms with E-state index >= 15 is 0 Å². The maximum Gasteiger partial charge on any atom is 0.223 e. The van der Waals surface area contributed by atoms with Gasteiger partial charge in [-0.05, 0) is 25.7 Å². The van der Waals surface area contributed by atoms with E-state index in [-0.39, 0.29) is 17.9 Å². The van der Waals surface area contributed by atoms with E-state index in [9.17, 15) is 4.79 Å². The molecule has 3 nitrogen and oxygen atoms in total. The second-order valence-electron chi connectivity index (χ2n) is 4.72. The summed E-state index contributed by atoms with van der Waals surface area (Å²) in [4.78, 5) is 11.8. The van der Waals surface area contributed by atoms with Crippen LogP contribution in [0.2, 0.25) is 0 Å². The first kappa shape index (κ1) is 10.9. The first-order chi connectivity index (χ1) is 7.36. The van der Waals surface area contributed by atoms with Crippen molar-refractivity contribution in [2.45, 2.75) is 51.0 Å². The molecule has 1 amide bonds. The summed E-state index contributed by atoms with van der Waals surface area (Å²) in [5.41, 5.74) is 0. The van der Waals surface area contributed by atoms with Crippen LogP contribution in [0.15, 0.2) is 0 Å². The SMILES string of the molecule is O=C(NC[C@H]1CCCO1)C1CCCCC1. The van der Waals surface area contributed by atoms with E-state index in [0.29, 0.717) is 0 Å².